The molecule has 66 heavy (non-hydrogen) atoms. The monoisotopic (exact) mass is 1060 g/mol. The number of para-hydroxylation sites is 1. The average Bonchev–Trinajstić information content (AvgIpc) is 3.67. The van der Waals surface area contributed by atoms with E-state index in [1.54, 1.807) is 6.07 Å². The summed E-state index contributed by atoms with van der Waals surface area (Å²) in [6, 6.07) is 41.2. The van der Waals surface area contributed by atoms with Crippen LogP contribution >= 0.6 is 0 Å². The summed E-state index contributed by atoms with van der Waals surface area (Å²) in [5.41, 5.74) is 13.2. The Morgan fingerprint density at radius 3 is 1.83 bits per heavy atom. The van der Waals surface area contributed by atoms with Gasteiger partial charge in [0.25, 0.3) is 0 Å². The van der Waals surface area contributed by atoms with Gasteiger partial charge in [-0.15, -0.1) is 29.3 Å². The van der Waals surface area contributed by atoms with Crippen molar-refractivity contribution in [1.82, 2.24) is 14.5 Å². The Balaban J connectivity index is 0.00000760. The molecule has 6 aromatic carbocycles. The van der Waals surface area contributed by atoms with Gasteiger partial charge in [0, 0.05) is 41.2 Å². The Morgan fingerprint density at radius 1 is 0.606 bits per heavy atom. The van der Waals surface area contributed by atoms with Gasteiger partial charge in [0.15, 0.2) is 0 Å². The number of imidazole rings is 1. The van der Waals surface area contributed by atoms with E-state index in [9.17, 15) is 5.11 Å². The van der Waals surface area contributed by atoms with E-state index >= 15 is 0 Å². The Hall–Kier alpha value is -5.57. The summed E-state index contributed by atoms with van der Waals surface area (Å²) in [6.07, 6.45) is 1.81. The minimum Gasteiger partial charge on any atom is -0.507 e. The first-order valence-electron chi connectivity index (χ1n) is 25.6. The minimum atomic E-state index is -2.60. The van der Waals surface area contributed by atoms with Crippen molar-refractivity contribution in [3.8, 4) is 67.5 Å². The van der Waals surface area contributed by atoms with Gasteiger partial charge in [0.1, 0.15) is 11.6 Å². The van der Waals surface area contributed by atoms with Crippen LogP contribution in [0.4, 0.5) is 0 Å². The fraction of sp³-hybridized carbons (Fsp3) is 0.311. The summed E-state index contributed by atoms with van der Waals surface area (Å²) >= 11 is 0. The van der Waals surface area contributed by atoms with Gasteiger partial charge in [-0.25, -0.2) is 4.98 Å². The molecule has 342 valence electrons. The van der Waals surface area contributed by atoms with E-state index in [0.717, 1.165) is 66.9 Å². The number of nitrogens with zero attached hydrogens (tertiary/aromatic N) is 3. The van der Waals surface area contributed by atoms with Crippen LogP contribution in [0, 0.1) is 19.8 Å². The number of pyridine rings is 1. The van der Waals surface area contributed by atoms with Crippen LogP contribution in [0.5, 0.6) is 5.75 Å². The Kier molecular flexibility index (Phi) is 11.5. The molecule has 8 rings (SSSR count). The maximum Gasteiger partial charge on any atom is 0.148 e. The number of hydrogen-bond donors (Lipinski definition) is 1. The van der Waals surface area contributed by atoms with Gasteiger partial charge in [-0.2, -0.15) is 0 Å². The number of hydrogen-bond acceptors (Lipinski definition) is 3. The third-order valence-electron chi connectivity index (χ3n) is 12.6. The average molecular weight is 1060 g/mol. The van der Waals surface area contributed by atoms with Crippen molar-refractivity contribution in [3.63, 3.8) is 0 Å². The number of phenols is 1. The summed E-state index contributed by atoms with van der Waals surface area (Å²) in [5, 5.41) is 12.1. The van der Waals surface area contributed by atoms with Crippen LogP contribution in [0.2, 0.25) is 0 Å². The smallest absolute Gasteiger partial charge is 0.148 e. The van der Waals surface area contributed by atoms with Gasteiger partial charge in [-0.05, 0) is 128 Å². The molecule has 0 bridgehead atoms. The number of benzene rings is 6. The number of phenolic OH excluding ortho intramolecular Hbond substituents is 1. The quantitative estimate of drug-likeness (QED) is 0.147. The molecule has 0 saturated heterocycles. The van der Waals surface area contributed by atoms with E-state index < -0.39 is 24.5 Å². The normalized spacial score (nSPS) is 14.1. The summed E-state index contributed by atoms with van der Waals surface area (Å²) in [6.45, 7) is 23.2. The van der Waals surface area contributed by atoms with E-state index in [1.807, 2.05) is 138 Å². The molecule has 1 N–H and O–H groups in total. The predicted molar refractivity (Wildman–Crippen MR) is 276 cm³/mol. The molecule has 0 atom stereocenters. The standard InChI is InChI=1S/C61H66N3O.Pt/c1-36(2)41-18-20-42(21-19-41)44-24-25-62-54(34-44)49-31-48(32-51(33-49)61(12,13)14)52-16-15-17-56-57(52)63-59(53-35-50(60(9,10)11)27-40(8)58(53)65)64(56)55-23-22-43(26-39(55)7)47-29-45(37(3)4)28-46(30-47)38(5)6;/h15-30,32-38,65H,1-14H3;/q-1;/i7D3,36D,37D,38D;. The SMILES string of the molecule is [2H]C([2H])([2H])c1cc(-c2cc(C([2H])(C)C)cc(C([2H])(C)C)c2)ccc1-n1c(-c2cc(C(C)(C)C)cc(C)c2O)nc2c(-c3[c-]c(-c4cc(-c5ccc(C([2H])(C)C)cc5)ccn4)cc(C(C)(C)C)c3)cccc21.[Pt]. The van der Waals surface area contributed by atoms with Gasteiger partial charge in [0.05, 0.1) is 22.3 Å². The van der Waals surface area contributed by atoms with Gasteiger partial charge in [-0.1, -0.05) is 167 Å². The number of fused-ring (bicyclic) bond motifs is 1. The Labute approximate surface area is 417 Å². The van der Waals surface area contributed by atoms with Crippen LogP contribution in [0.15, 0.2) is 121 Å². The Morgan fingerprint density at radius 2 is 1.21 bits per heavy atom. The molecule has 2 aromatic heterocycles. The molecule has 0 spiro atoms. The topological polar surface area (TPSA) is 50.9 Å². The largest absolute Gasteiger partial charge is 0.507 e. The first-order valence-corrected chi connectivity index (χ1v) is 22.6. The van der Waals surface area contributed by atoms with Crippen molar-refractivity contribution in [2.24, 2.45) is 0 Å². The van der Waals surface area contributed by atoms with Crippen LogP contribution in [0.1, 0.15) is 148 Å². The van der Waals surface area contributed by atoms with Crippen LogP contribution in [-0.4, -0.2) is 19.6 Å². The molecule has 0 unspecified atom stereocenters. The van der Waals surface area contributed by atoms with Crippen molar-refractivity contribution >= 4 is 11.0 Å². The van der Waals surface area contributed by atoms with Gasteiger partial charge < -0.3 is 5.11 Å². The van der Waals surface area contributed by atoms with Gasteiger partial charge >= 0.3 is 0 Å². The Bertz CT molecular complexity index is 3300. The third kappa shape index (κ3) is 9.63. The first kappa shape index (κ1) is 40.7. The summed E-state index contributed by atoms with van der Waals surface area (Å²) in [4.78, 5) is 10.3. The molecule has 8 aromatic rings. The summed E-state index contributed by atoms with van der Waals surface area (Å²) in [7, 11) is 0. The second-order valence-corrected chi connectivity index (χ2v) is 20.4. The van der Waals surface area contributed by atoms with Gasteiger partial charge in [-0.3, -0.25) is 9.55 Å². The molecule has 0 aliphatic rings. The van der Waals surface area contributed by atoms with E-state index in [1.165, 1.54) is 0 Å². The van der Waals surface area contributed by atoms with Crippen LogP contribution in [0.3, 0.4) is 0 Å². The van der Waals surface area contributed by atoms with E-state index in [-0.39, 0.29) is 43.2 Å². The number of aromatic hydroxyl groups is 1. The molecule has 0 aliphatic heterocycles. The molecule has 0 saturated carbocycles. The van der Waals surface area contributed by atoms with E-state index in [0.29, 0.717) is 39.2 Å². The van der Waals surface area contributed by atoms with Crippen LogP contribution < -0.4 is 0 Å². The molecular weight excluding hydrogens is 986 g/mol. The molecule has 0 radical (unpaired) electrons. The van der Waals surface area contributed by atoms with Crippen molar-refractivity contribution in [3.05, 3.63) is 166 Å². The van der Waals surface area contributed by atoms with Crippen molar-refractivity contribution < 1.29 is 34.4 Å². The second kappa shape index (κ2) is 18.6. The van der Waals surface area contributed by atoms with Crippen molar-refractivity contribution in [1.29, 1.82) is 0 Å². The number of aromatic nitrogens is 3. The predicted octanol–water partition coefficient (Wildman–Crippen LogP) is 16.8. The van der Waals surface area contributed by atoms with E-state index in [4.69, 9.17) is 18.2 Å². The zero-order valence-electron chi connectivity index (χ0n) is 46.7. The summed E-state index contributed by atoms with van der Waals surface area (Å²) in [5.74, 6) is -2.21. The molecule has 0 fully saturated rings. The molecule has 0 amide bonds. The van der Waals surface area contributed by atoms with Crippen molar-refractivity contribution in [2.45, 2.75) is 125 Å². The molecule has 2 heterocycles. The number of rotatable bonds is 9. The maximum absolute atomic E-state index is 12.1. The molecule has 0 aliphatic carbocycles. The maximum atomic E-state index is 12.1. The second-order valence-electron chi connectivity index (χ2n) is 20.4. The van der Waals surface area contributed by atoms with E-state index in [2.05, 4.69) is 77.9 Å². The molecule has 5 heteroatoms. The zero-order valence-corrected chi connectivity index (χ0v) is 42.9. The fourth-order valence-corrected chi connectivity index (χ4v) is 8.45. The molecule has 4 nitrogen and oxygen atoms in total. The fourth-order valence-electron chi connectivity index (χ4n) is 8.45. The third-order valence-corrected chi connectivity index (χ3v) is 12.6. The van der Waals surface area contributed by atoms with Gasteiger partial charge in [0.2, 0.25) is 0 Å². The molecular formula is C61H66N3OPt-. The minimum absolute atomic E-state index is 0. The van der Waals surface area contributed by atoms with Crippen LogP contribution in [-0.2, 0) is 31.9 Å². The number of aryl methyl sites for hydroxylation is 2. The zero-order chi connectivity index (χ0) is 52.0. The van der Waals surface area contributed by atoms with Crippen LogP contribution in [0.25, 0.3) is 72.7 Å². The first-order chi connectivity index (χ1) is 32.8. The summed E-state index contributed by atoms with van der Waals surface area (Å²) < 4.78 is 55.4. The van der Waals surface area contributed by atoms with Crippen molar-refractivity contribution in [2.75, 3.05) is 0 Å².